The van der Waals surface area contributed by atoms with Crippen molar-refractivity contribution in [2.75, 3.05) is 0 Å². The highest BCUT2D eigenvalue weighted by molar-refractivity contribution is 5.27. The van der Waals surface area contributed by atoms with E-state index in [1.807, 2.05) is 30.1 Å². The van der Waals surface area contributed by atoms with E-state index in [1.165, 1.54) is 11.1 Å². The zero-order valence-corrected chi connectivity index (χ0v) is 10.3. The number of rotatable bonds is 4. The highest BCUT2D eigenvalue weighted by atomic mass is 15.0. The van der Waals surface area contributed by atoms with Gasteiger partial charge in [-0.15, -0.1) is 0 Å². The number of hydrogen-bond donors (Lipinski definition) is 1. The lowest BCUT2D eigenvalue weighted by atomic mass is 9.99. The molecule has 4 nitrogen and oxygen atoms in total. The number of hydrogen-bond acceptors (Lipinski definition) is 3. The molecule has 4 heteroatoms. The Morgan fingerprint density at radius 3 is 2.88 bits per heavy atom. The minimum Gasteiger partial charge on any atom is -0.338 e. The summed E-state index contributed by atoms with van der Waals surface area (Å²) in [6, 6.07) is 1.99. The van der Waals surface area contributed by atoms with Crippen LogP contribution in [0.2, 0.25) is 0 Å². The molecule has 0 saturated carbocycles. The lowest BCUT2D eigenvalue weighted by Gasteiger charge is -2.15. The first-order valence-electron chi connectivity index (χ1n) is 5.87. The van der Waals surface area contributed by atoms with Crippen LogP contribution in [0.3, 0.4) is 0 Å². The summed E-state index contributed by atoms with van der Waals surface area (Å²) < 4.78 is 2.01. The molecular formula is C13H18N4. The van der Waals surface area contributed by atoms with E-state index < -0.39 is 0 Å². The van der Waals surface area contributed by atoms with Gasteiger partial charge >= 0.3 is 0 Å². The predicted molar refractivity (Wildman–Crippen MR) is 67.5 cm³/mol. The average Bonchev–Trinajstić information content (AvgIpc) is 2.75. The van der Waals surface area contributed by atoms with E-state index in [1.54, 1.807) is 12.4 Å². The van der Waals surface area contributed by atoms with Gasteiger partial charge in [-0.25, -0.2) is 4.98 Å². The van der Waals surface area contributed by atoms with E-state index in [4.69, 9.17) is 5.73 Å². The van der Waals surface area contributed by atoms with Crippen molar-refractivity contribution in [2.45, 2.75) is 25.8 Å². The zero-order chi connectivity index (χ0) is 12.3. The van der Waals surface area contributed by atoms with Crippen LogP contribution >= 0.6 is 0 Å². The third-order valence-electron chi connectivity index (χ3n) is 3.05. The molecule has 0 fully saturated rings. The van der Waals surface area contributed by atoms with Crippen LogP contribution < -0.4 is 5.73 Å². The molecule has 0 aliphatic rings. The summed E-state index contributed by atoms with van der Waals surface area (Å²) in [5, 5.41) is 0. The van der Waals surface area contributed by atoms with Crippen molar-refractivity contribution in [1.82, 2.24) is 14.5 Å². The number of aryl methyl sites for hydroxylation is 2. The van der Waals surface area contributed by atoms with E-state index in [-0.39, 0.29) is 6.04 Å². The van der Waals surface area contributed by atoms with E-state index >= 15 is 0 Å². The molecule has 0 saturated heterocycles. The third-order valence-corrected chi connectivity index (χ3v) is 3.05. The summed E-state index contributed by atoms with van der Waals surface area (Å²) in [5.41, 5.74) is 8.64. The molecule has 1 atom stereocenters. The highest BCUT2D eigenvalue weighted by Crippen LogP contribution is 2.18. The van der Waals surface area contributed by atoms with Crippen LogP contribution in [-0.2, 0) is 19.9 Å². The maximum absolute atomic E-state index is 6.25. The Balaban J connectivity index is 2.20. The number of nitrogens with two attached hydrogens (primary N) is 1. The van der Waals surface area contributed by atoms with E-state index in [2.05, 4.69) is 16.9 Å². The van der Waals surface area contributed by atoms with Gasteiger partial charge < -0.3 is 10.3 Å². The van der Waals surface area contributed by atoms with Gasteiger partial charge in [0.25, 0.3) is 0 Å². The fraction of sp³-hybridized carbons (Fsp3) is 0.385. The van der Waals surface area contributed by atoms with Gasteiger partial charge in [0.2, 0.25) is 0 Å². The van der Waals surface area contributed by atoms with Crippen LogP contribution in [0.4, 0.5) is 0 Å². The summed E-state index contributed by atoms with van der Waals surface area (Å²) in [6.45, 7) is 2.12. The van der Waals surface area contributed by atoms with Crippen LogP contribution in [0.15, 0.2) is 30.9 Å². The molecule has 0 aliphatic carbocycles. The Labute approximate surface area is 102 Å². The Hall–Kier alpha value is -1.68. The van der Waals surface area contributed by atoms with Crippen LogP contribution in [0.25, 0.3) is 0 Å². The van der Waals surface area contributed by atoms with E-state index in [0.29, 0.717) is 0 Å². The van der Waals surface area contributed by atoms with E-state index in [0.717, 1.165) is 18.7 Å². The standard InChI is InChI=1S/C13H18N4/c1-3-10-9-15-5-4-11(10)12(14)8-13-16-6-7-17(13)2/h4-7,9,12H,3,8,14H2,1-2H3. The minimum absolute atomic E-state index is 0.0194. The van der Waals surface area contributed by atoms with Crippen molar-refractivity contribution >= 4 is 0 Å². The fourth-order valence-electron chi connectivity index (χ4n) is 1.99. The molecular weight excluding hydrogens is 212 g/mol. The van der Waals surface area contributed by atoms with Gasteiger partial charge in [0.05, 0.1) is 0 Å². The van der Waals surface area contributed by atoms with Crippen molar-refractivity contribution in [2.24, 2.45) is 12.8 Å². The van der Waals surface area contributed by atoms with Crippen molar-refractivity contribution in [1.29, 1.82) is 0 Å². The molecule has 0 radical (unpaired) electrons. The minimum atomic E-state index is -0.0194. The Morgan fingerprint density at radius 1 is 1.41 bits per heavy atom. The van der Waals surface area contributed by atoms with Crippen LogP contribution in [0, 0.1) is 0 Å². The normalized spacial score (nSPS) is 12.6. The number of aromatic nitrogens is 3. The second kappa shape index (κ2) is 5.10. The summed E-state index contributed by atoms with van der Waals surface area (Å²) in [6.07, 6.45) is 9.14. The molecule has 1 unspecified atom stereocenters. The van der Waals surface area contributed by atoms with Gasteiger partial charge in [0, 0.05) is 44.3 Å². The number of pyridine rings is 1. The largest absolute Gasteiger partial charge is 0.338 e. The molecule has 0 aliphatic heterocycles. The highest BCUT2D eigenvalue weighted by Gasteiger charge is 2.12. The predicted octanol–water partition coefficient (Wildman–Crippen LogP) is 1.62. The van der Waals surface area contributed by atoms with Crippen molar-refractivity contribution < 1.29 is 0 Å². The number of imidazole rings is 1. The average molecular weight is 230 g/mol. The molecule has 2 heterocycles. The maximum atomic E-state index is 6.25. The smallest absolute Gasteiger partial charge is 0.110 e. The Morgan fingerprint density at radius 2 is 2.24 bits per heavy atom. The summed E-state index contributed by atoms with van der Waals surface area (Å²) >= 11 is 0. The van der Waals surface area contributed by atoms with Crippen LogP contribution in [0.5, 0.6) is 0 Å². The topological polar surface area (TPSA) is 56.7 Å². The molecule has 0 bridgehead atoms. The first-order valence-corrected chi connectivity index (χ1v) is 5.87. The summed E-state index contributed by atoms with van der Waals surface area (Å²) in [4.78, 5) is 8.44. The lowest BCUT2D eigenvalue weighted by Crippen LogP contribution is -2.17. The molecule has 2 aromatic heterocycles. The lowest BCUT2D eigenvalue weighted by molar-refractivity contribution is 0.653. The SMILES string of the molecule is CCc1cnccc1C(N)Cc1nccn1C. The van der Waals surface area contributed by atoms with Gasteiger partial charge in [-0.2, -0.15) is 0 Å². The Bertz CT molecular complexity index is 490. The quantitative estimate of drug-likeness (QED) is 0.868. The van der Waals surface area contributed by atoms with Crippen molar-refractivity contribution in [3.63, 3.8) is 0 Å². The van der Waals surface area contributed by atoms with Gasteiger partial charge in [-0.1, -0.05) is 6.92 Å². The summed E-state index contributed by atoms with van der Waals surface area (Å²) in [7, 11) is 1.99. The molecule has 0 amide bonds. The van der Waals surface area contributed by atoms with Crippen molar-refractivity contribution in [3.8, 4) is 0 Å². The molecule has 17 heavy (non-hydrogen) atoms. The molecule has 0 aromatic carbocycles. The fourth-order valence-corrected chi connectivity index (χ4v) is 1.99. The third kappa shape index (κ3) is 2.53. The molecule has 2 N–H and O–H groups in total. The maximum Gasteiger partial charge on any atom is 0.110 e. The van der Waals surface area contributed by atoms with Gasteiger partial charge in [-0.3, -0.25) is 4.98 Å². The first kappa shape index (κ1) is 11.8. The second-order valence-corrected chi connectivity index (χ2v) is 4.19. The molecule has 90 valence electrons. The van der Waals surface area contributed by atoms with Gasteiger partial charge in [0.1, 0.15) is 5.82 Å². The van der Waals surface area contributed by atoms with E-state index in [9.17, 15) is 0 Å². The molecule has 0 spiro atoms. The summed E-state index contributed by atoms with van der Waals surface area (Å²) in [5.74, 6) is 1.01. The zero-order valence-electron chi connectivity index (χ0n) is 10.3. The first-order chi connectivity index (χ1) is 8.22. The molecule has 2 aromatic rings. The van der Waals surface area contributed by atoms with Crippen LogP contribution in [0.1, 0.15) is 29.9 Å². The van der Waals surface area contributed by atoms with Gasteiger partial charge in [-0.05, 0) is 23.6 Å². The number of nitrogens with zero attached hydrogens (tertiary/aromatic N) is 3. The Kier molecular flexibility index (Phi) is 3.54. The monoisotopic (exact) mass is 230 g/mol. The van der Waals surface area contributed by atoms with Gasteiger partial charge in [0.15, 0.2) is 0 Å². The van der Waals surface area contributed by atoms with Crippen LogP contribution in [-0.4, -0.2) is 14.5 Å². The van der Waals surface area contributed by atoms with Crippen molar-refractivity contribution in [3.05, 3.63) is 47.8 Å². The second-order valence-electron chi connectivity index (χ2n) is 4.19. The molecule has 2 rings (SSSR count).